The van der Waals surface area contributed by atoms with Crippen LogP contribution in [-0.4, -0.2) is 61.0 Å². The number of rotatable bonds is 4. The van der Waals surface area contributed by atoms with E-state index in [0.29, 0.717) is 24.2 Å². The number of piperidine rings is 1. The van der Waals surface area contributed by atoms with E-state index in [0.717, 1.165) is 4.90 Å². The monoisotopic (exact) mass is 478 g/mol. The topological polar surface area (TPSA) is 90.5 Å². The van der Waals surface area contributed by atoms with Crippen LogP contribution in [-0.2, 0) is 14.4 Å². The van der Waals surface area contributed by atoms with Gasteiger partial charge in [0.05, 0.1) is 12.5 Å². The van der Waals surface area contributed by atoms with Crippen molar-refractivity contribution in [1.29, 1.82) is 0 Å². The summed E-state index contributed by atoms with van der Waals surface area (Å²) < 4.78 is 39.3. The van der Waals surface area contributed by atoms with Gasteiger partial charge in [-0.3, -0.25) is 24.6 Å². The molecule has 1 aromatic carbocycles. The fraction of sp³-hybridized carbons (Fsp3) is 0.500. The molecule has 0 spiro atoms. The van der Waals surface area contributed by atoms with E-state index in [1.807, 2.05) is 0 Å². The molecule has 1 unspecified atom stereocenters. The second-order valence-corrected chi connectivity index (χ2v) is 6.91. The normalized spacial score (nSPS) is 23.1. The zero-order chi connectivity index (χ0) is 20.3. The fourth-order valence-electron chi connectivity index (χ4n) is 3.49. The Bertz CT molecular complexity index is 775. The highest BCUT2D eigenvalue weighted by molar-refractivity contribution is 8.93. The Morgan fingerprint density at radius 2 is 2.03 bits per heavy atom. The number of carbonyl (C=O) groups excluding carboxylic acids is 3. The van der Waals surface area contributed by atoms with Gasteiger partial charge in [-0.2, -0.15) is 13.2 Å². The summed E-state index contributed by atoms with van der Waals surface area (Å²) in [6, 6.07) is 4.87. The summed E-state index contributed by atoms with van der Waals surface area (Å²) in [5.74, 6) is -1.77. The van der Waals surface area contributed by atoms with Crippen LogP contribution >= 0.6 is 17.0 Å². The van der Waals surface area contributed by atoms with Crippen LogP contribution in [0.3, 0.4) is 0 Å². The molecular weight excluding hydrogens is 457 g/mol. The molecule has 0 bridgehead atoms. The van der Waals surface area contributed by atoms with E-state index in [1.165, 1.54) is 0 Å². The Labute approximate surface area is 176 Å². The van der Waals surface area contributed by atoms with Crippen molar-refractivity contribution >= 4 is 40.4 Å². The molecule has 0 saturated carbocycles. The van der Waals surface area contributed by atoms with Gasteiger partial charge in [0, 0.05) is 31.7 Å². The van der Waals surface area contributed by atoms with Crippen LogP contribution < -0.4 is 16.0 Å². The summed E-state index contributed by atoms with van der Waals surface area (Å²) in [5, 5.41) is 7.56. The minimum Gasteiger partial charge on any atom is -0.325 e. The Kier molecular flexibility index (Phi) is 7.78. The van der Waals surface area contributed by atoms with Crippen LogP contribution in [0.2, 0.25) is 0 Å². The third-order valence-corrected chi connectivity index (χ3v) is 4.89. The minimum atomic E-state index is -4.42. The summed E-state index contributed by atoms with van der Waals surface area (Å²) in [7, 11) is 0. The maximum Gasteiger partial charge on any atom is 0.405 e. The number of hydrogen-bond donors (Lipinski definition) is 3. The van der Waals surface area contributed by atoms with E-state index in [2.05, 4.69) is 16.0 Å². The molecule has 2 heterocycles. The van der Waals surface area contributed by atoms with Crippen LogP contribution in [0.4, 0.5) is 18.9 Å². The lowest BCUT2D eigenvalue weighted by Crippen LogP contribution is -2.59. The molecule has 2 aliphatic heterocycles. The molecule has 0 aliphatic carbocycles. The predicted molar refractivity (Wildman–Crippen MR) is 105 cm³/mol. The first kappa shape index (κ1) is 23.3. The van der Waals surface area contributed by atoms with Crippen molar-refractivity contribution in [2.24, 2.45) is 0 Å². The van der Waals surface area contributed by atoms with Gasteiger partial charge in [0.15, 0.2) is 0 Å². The summed E-state index contributed by atoms with van der Waals surface area (Å²) in [4.78, 5) is 36.7. The number of anilines is 1. The molecule has 1 aromatic rings. The fourth-order valence-corrected chi connectivity index (χ4v) is 3.49. The maximum absolute atomic E-state index is 13.1. The Morgan fingerprint density at radius 1 is 1.28 bits per heavy atom. The molecule has 3 amide bonds. The van der Waals surface area contributed by atoms with E-state index in [-0.39, 0.29) is 48.9 Å². The number of halogens is 4. The molecule has 2 atom stereocenters. The Balaban J connectivity index is 0.00000300. The highest BCUT2D eigenvalue weighted by atomic mass is 79.9. The third kappa shape index (κ3) is 6.00. The molecule has 11 heteroatoms. The van der Waals surface area contributed by atoms with Gasteiger partial charge >= 0.3 is 6.18 Å². The van der Waals surface area contributed by atoms with E-state index >= 15 is 0 Å². The molecular formula is C18H22BrF3N4O3. The van der Waals surface area contributed by atoms with Crippen LogP contribution in [0.1, 0.15) is 24.3 Å². The average Bonchev–Trinajstić information content (AvgIpc) is 2.61. The van der Waals surface area contributed by atoms with Crippen LogP contribution in [0.25, 0.3) is 0 Å². The van der Waals surface area contributed by atoms with Crippen molar-refractivity contribution in [2.75, 3.05) is 31.5 Å². The van der Waals surface area contributed by atoms with Crippen LogP contribution in [0, 0.1) is 0 Å². The Hall–Kier alpha value is -1.98. The van der Waals surface area contributed by atoms with Gasteiger partial charge in [-0.15, -0.1) is 17.0 Å². The second-order valence-electron chi connectivity index (χ2n) is 6.91. The zero-order valence-corrected chi connectivity index (χ0v) is 17.1. The number of carbonyl (C=O) groups is 3. The summed E-state index contributed by atoms with van der Waals surface area (Å²) in [5.41, 5.74) is 1.03. The van der Waals surface area contributed by atoms with Crippen molar-refractivity contribution < 1.29 is 27.6 Å². The molecule has 0 radical (unpaired) electrons. The number of imide groups is 1. The van der Waals surface area contributed by atoms with E-state index in [4.69, 9.17) is 0 Å². The smallest absolute Gasteiger partial charge is 0.325 e. The molecule has 3 N–H and O–H groups in total. The van der Waals surface area contributed by atoms with Crippen LogP contribution in [0.5, 0.6) is 0 Å². The number of nitrogens with one attached hydrogen (secondary N) is 3. The minimum absolute atomic E-state index is 0. The Morgan fingerprint density at radius 3 is 2.72 bits per heavy atom. The van der Waals surface area contributed by atoms with Crippen LogP contribution in [0.15, 0.2) is 24.3 Å². The summed E-state index contributed by atoms with van der Waals surface area (Å²) in [6.45, 7) is -0.130. The van der Waals surface area contributed by atoms with Crippen molar-refractivity contribution in [2.45, 2.75) is 31.0 Å². The van der Waals surface area contributed by atoms with Gasteiger partial charge in [0.2, 0.25) is 17.7 Å². The number of hydrogen-bond acceptors (Lipinski definition) is 5. The number of amides is 3. The largest absolute Gasteiger partial charge is 0.405 e. The van der Waals surface area contributed by atoms with Gasteiger partial charge in [-0.05, 0) is 24.1 Å². The molecule has 2 fully saturated rings. The van der Waals surface area contributed by atoms with E-state index in [1.54, 1.807) is 24.3 Å². The highest BCUT2D eigenvalue weighted by Crippen LogP contribution is 2.27. The van der Waals surface area contributed by atoms with Crippen molar-refractivity contribution in [3.05, 3.63) is 29.8 Å². The van der Waals surface area contributed by atoms with Crippen molar-refractivity contribution in [3.63, 3.8) is 0 Å². The first-order valence-electron chi connectivity index (χ1n) is 8.99. The molecule has 7 nitrogen and oxygen atoms in total. The average molecular weight is 479 g/mol. The lowest BCUT2D eigenvalue weighted by atomic mass is 9.90. The van der Waals surface area contributed by atoms with Gasteiger partial charge in [-0.1, -0.05) is 12.1 Å². The van der Waals surface area contributed by atoms with Gasteiger partial charge in [-0.25, -0.2) is 0 Å². The number of benzene rings is 1. The van der Waals surface area contributed by atoms with Gasteiger partial charge in [0.25, 0.3) is 0 Å². The summed E-state index contributed by atoms with van der Waals surface area (Å²) >= 11 is 0. The maximum atomic E-state index is 13.1. The van der Waals surface area contributed by atoms with Gasteiger partial charge in [0.1, 0.15) is 6.04 Å². The SMILES string of the molecule is Br.O=C1CCC(c2cccc(NC(=O)CN3CCNC[C@@H]3C(F)(F)F)c2)C(=O)N1. The first-order chi connectivity index (χ1) is 13.2. The third-order valence-electron chi connectivity index (χ3n) is 4.89. The van der Waals surface area contributed by atoms with Crippen molar-refractivity contribution in [3.8, 4) is 0 Å². The molecule has 2 aliphatic rings. The summed E-state index contributed by atoms with van der Waals surface area (Å²) in [6.07, 6.45) is -3.82. The molecule has 2 saturated heterocycles. The number of alkyl halides is 3. The second kappa shape index (κ2) is 9.68. The first-order valence-corrected chi connectivity index (χ1v) is 8.99. The number of nitrogens with zero attached hydrogens (tertiary/aromatic N) is 1. The molecule has 29 heavy (non-hydrogen) atoms. The lowest BCUT2D eigenvalue weighted by molar-refractivity contribution is -0.187. The van der Waals surface area contributed by atoms with Crippen molar-refractivity contribution in [1.82, 2.24) is 15.5 Å². The number of piperazine rings is 1. The molecule has 0 aromatic heterocycles. The predicted octanol–water partition coefficient (Wildman–Crippen LogP) is 1.56. The lowest BCUT2D eigenvalue weighted by Gasteiger charge is -2.36. The highest BCUT2D eigenvalue weighted by Gasteiger charge is 2.45. The van der Waals surface area contributed by atoms with E-state index < -0.39 is 30.0 Å². The zero-order valence-electron chi connectivity index (χ0n) is 15.4. The van der Waals surface area contributed by atoms with Gasteiger partial charge < -0.3 is 10.6 Å². The molecule has 3 rings (SSSR count). The molecule has 160 valence electrons. The van der Waals surface area contributed by atoms with E-state index in [9.17, 15) is 27.6 Å². The quantitative estimate of drug-likeness (QED) is 0.571. The standard InChI is InChI=1S/C18H21F3N4O3.BrH/c19-18(20,21)14-9-22-6-7-25(14)10-16(27)23-12-3-1-2-11(8-12)13-4-5-15(26)24-17(13)28;/h1-3,8,13-14,22H,4-7,9-10H2,(H,23,27)(H,24,26,28);1H/t13?,14-;/m1./s1.